The van der Waals surface area contributed by atoms with Gasteiger partial charge in [-0.3, -0.25) is 0 Å². The van der Waals surface area contributed by atoms with Crippen LogP contribution in [0.5, 0.6) is 11.5 Å². The minimum atomic E-state index is 0.134. The van der Waals surface area contributed by atoms with E-state index in [0.717, 1.165) is 34.1 Å². The van der Waals surface area contributed by atoms with Gasteiger partial charge in [-0.05, 0) is 18.6 Å². The summed E-state index contributed by atoms with van der Waals surface area (Å²) in [7, 11) is 0. The van der Waals surface area contributed by atoms with E-state index in [2.05, 4.69) is 19.1 Å². The first-order valence-corrected chi connectivity index (χ1v) is 8.02. The molecule has 0 radical (unpaired) electrons. The molecule has 20 heavy (non-hydrogen) atoms. The van der Waals surface area contributed by atoms with Crippen molar-refractivity contribution in [3.63, 3.8) is 0 Å². The lowest BCUT2D eigenvalue weighted by molar-refractivity contribution is 0.459. The molecule has 0 saturated heterocycles. The highest BCUT2D eigenvalue weighted by Crippen LogP contribution is 2.48. The fourth-order valence-corrected chi connectivity index (χ4v) is 3.91. The van der Waals surface area contributed by atoms with Gasteiger partial charge in [0.1, 0.15) is 11.5 Å². The third kappa shape index (κ3) is 2.06. The highest BCUT2D eigenvalue weighted by molar-refractivity contribution is 7.99. The van der Waals surface area contributed by atoms with Crippen molar-refractivity contribution in [1.29, 1.82) is 0 Å². The monoisotopic (exact) mass is 286 g/mol. The summed E-state index contributed by atoms with van der Waals surface area (Å²) in [4.78, 5) is 0. The summed E-state index contributed by atoms with van der Waals surface area (Å²) in [5, 5.41) is 22.7. The van der Waals surface area contributed by atoms with Crippen molar-refractivity contribution in [1.82, 2.24) is 0 Å². The van der Waals surface area contributed by atoms with E-state index in [0.29, 0.717) is 17.9 Å². The maximum Gasteiger partial charge on any atom is 0.128 e. The molecular formula is C17H18O2S. The molecule has 3 heteroatoms. The number of aromatic hydroxyl groups is 2. The zero-order chi connectivity index (χ0) is 14.1. The molecule has 2 aromatic carbocycles. The average molecular weight is 286 g/mol. The Hall–Kier alpha value is -1.61. The maximum atomic E-state index is 10.6. The quantitative estimate of drug-likeness (QED) is 0.642. The van der Waals surface area contributed by atoms with Gasteiger partial charge in [0.25, 0.3) is 0 Å². The molecule has 1 aliphatic carbocycles. The van der Waals surface area contributed by atoms with Crippen LogP contribution in [0.3, 0.4) is 0 Å². The summed E-state index contributed by atoms with van der Waals surface area (Å²) >= 11 is 1.81. The van der Waals surface area contributed by atoms with E-state index >= 15 is 0 Å². The lowest BCUT2D eigenvalue weighted by Gasteiger charge is -2.24. The highest BCUT2D eigenvalue weighted by atomic mass is 32.2. The van der Waals surface area contributed by atoms with Crippen LogP contribution in [0.15, 0.2) is 36.4 Å². The standard InChI is InChI=1S/C17H18O2S/c1-2-10-20-14-9-5-8-13-15(14)17(19)12-7-4-3-6-11(12)16(13)18/h3-7,9,14,18-19H,2,8,10H2,1H3. The zero-order valence-electron chi connectivity index (χ0n) is 11.5. The van der Waals surface area contributed by atoms with E-state index in [4.69, 9.17) is 0 Å². The smallest absolute Gasteiger partial charge is 0.128 e. The summed E-state index contributed by atoms with van der Waals surface area (Å²) in [6.45, 7) is 2.15. The predicted octanol–water partition coefficient (Wildman–Crippen LogP) is 4.55. The second-order valence-corrected chi connectivity index (χ2v) is 6.31. The van der Waals surface area contributed by atoms with E-state index < -0.39 is 0 Å². The SMILES string of the molecule is CCCSC1C=CCc2c1c(O)c1ccccc1c2O. The lowest BCUT2D eigenvalue weighted by Crippen LogP contribution is -2.04. The Balaban J connectivity index is 2.22. The van der Waals surface area contributed by atoms with E-state index in [1.165, 1.54) is 0 Å². The minimum absolute atomic E-state index is 0.134. The van der Waals surface area contributed by atoms with E-state index in [-0.39, 0.29) is 5.25 Å². The average Bonchev–Trinajstić information content (AvgIpc) is 2.50. The molecule has 0 heterocycles. The molecule has 1 unspecified atom stereocenters. The van der Waals surface area contributed by atoms with Crippen LogP contribution in [0, 0.1) is 0 Å². The molecule has 1 aliphatic rings. The Bertz CT molecular complexity index is 676. The Morgan fingerprint density at radius 1 is 1.15 bits per heavy atom. The van der Waals surface area contributed by atoms with Gasteiger partial charge in [-0.25, -0.2) is 0 Å². The molecule has 1 atom stereocenters. The van der Waals surface area contributed by atoms with Gasteiger partial charge >= 0.3 is 0 Å². The maximum absolute atomic E-state index is 10.6. The number of thioether (sulfide) groups is 1. The Morgan fingerprint density at radius 2 is 1.85 bits per heavy atom. The largest absolute Gasteiger partial charge is 0.507 e. The van der Waals surface area contributed by atoms with Gasteiger partial charge in [0, 0.05) is 21.9 Å². The van der Waals surface area contributed by atoms with E-state index in [9.17, 15) is 10.2 Å². The molecule has 0 aliphatic heterocycles. The summed E-state index contributed by atoms with van der Waals surface area (Å²) in [5.74, 6) is 1.69. The Kier molecular flexibility index (Phi) is 3.62. The molecule has 0 amide bonds. The number of rotatable bonds is 3. The van der Waals surface area contributed by atoms with E-state index in [1.54, 1.807) is 0 Å². The Morgan fingerprint density at radius 3 is 2.55 bits per heavy atom. The molecular weight excluding hydrogens is 268 g/mol. The first-order chi connectivity index (χ1) is 9.74. The number of hydrogen-bond acceptors (Lipinski definition) is 3. The molecule has 0 aromatic heterocycles. The fourth-order valence-electron chi connectivity index (χ4n) is 2.78. The molecule has 2 aromatic rings. The summed E-state index contributed by atoms with van der Waals surface area (Å²) in [6.07, 6.45) is 6.01. The van der Waals surface area contributed by atoms with Crippen molar-refractivity contribution in [3.05, 3.63) is 47.5 Å². The van der Waals surface area contributed by atoms with Crippen LogP contribution in [0.2, 0.25) is 0 Å². The predicted molar refractivity (Wildman–Crippen MR) is 85.6 cm³/mol. The van der Waals surface area contributed by atoms with Gasteiger partial charge in [-0.1, -0.05) is 43.3 Å². The molecule has 0 spiro atoms. The van der Waals surface area contributed by atoms with Gasteiger partial charge in [0.15, 0.2) is 0 Å². The Labute approximate surface area is 123 Å². The van der Waals surface area contributed by atoms with Crippen molar-refractivity contribution >= 4 is 22.5 Å². The first kappa shape index (κ1) is 13.4. The molecule has 2 nitrogen and oxygen atoms in total. The van der Waals surface area contributed by atoms with Crippen LogP contribution in [0.25, 0.3) is 10.8 Å². The zero-order valence-corrected chi connectivity index (χ0v) is 12.3. The highest BCUT2D eigenvalue weighted by Gasteiger charge is 2.25. The van der Waals surface area contributed by atoms with Crippen LogP contribution in [0.4, 0.5) is 0 Å². The number of benzene rings is 2. The molecule has 0 bridgehead atoms. The molecule has 104 valence electrons. The summed E-state index contributed by atoms with van der Waals surface area (Å²) < 4.78 is 0. The van der Waals surface area contributed by atoms with Crippen LogP contribution in [-0.2, 0) is 6.42 Å². The van der Waals surface area contributed by atoms with Crippen LogP contribution in [-0.4, -0.2) is 16.0 Å². The second kappa shape index (κ2) is 5.41. The summed E-state index contributed by atoms with van der Waals surface area (Å²) in [6, 6.07) is 7.50. The molecule has 0 fully saturated rings. The molecule has 0 saturated carbocycles. The van der Waals surface area contributed by atoms with Gasteiger partial charge in [0.05, 0.1) is 5.25 Å². The van der Waals surface area contributed by atoms with Gasteiger partial charge < -0.3 is 10.2 Å². The summed E-state index contributed by atoms with van der Waals surface area (Å²) in [5.41, 5.74) is 1.76. The topological polar surface area (TPSA) is 40.5 Å². The fraction of sp³-hybridized carbons (Fsp3) is 0.294. The molecule has 3 rings (SSSR count). The van der Waals surface area contributed by atoms with Gasteiger partial charge in [-0.2, -0.15) is 0 Å². The van der Waals surface area contributed by atoms with Crippen molar-refractivity contribution in [2.24, 2.45) is 0 Å². The first-order valence-electron chi connectivity index (χ1n) is 6.97. The van der Waals surface area contributed by atoms with Gasteiger partial charge in [-0.15, -0.1) is 11.8 Å². The van der Waals surface area contributed by atoms with Gasteiger partial charge in [0.2, 0.25) is 0 Å². The van der Waals surface area contributed by atoms with Crippen molar-refractivity contribution in [2.45, 2.75) is 25.0 Å². The van der Waals surface area contributed by atoms with Crippen LogP contribution < -0.4 is 0 Å². The van der Waals surface area contributed by atoms with E-state index in [1.807, 2.05) is 36.0 Å². The third-order valence-electron chi connectivity index (χ3n) is 3.72. The minimum Gasteiger partial charge on any atom is -0.507 e. The number of allylic oxidation sites excluding steroid dienone is 1. The second-order valence-electron chi connectivity index (χ2n) is 5.06. The number of hydrogen-bond donors (Lipinski definition) is 2. The van der Waals surface area contributed by atoms with Crippen molar-refractivity contribution in [2.75, 3.05) is 5.75 Å². The van der Waals surface area contributed by atoms with Crippen LogP contribution >= 0.6 is 11.8 Å². The number of fused-ring (bicyclic) bond motifs is 2. The third-order valence-corrected chi connectivity index (χ3v) is 5.12. The normalized spacial score (nSPS) is 17.4. The van der Waals surface area contributed by atoms with Crippen molar-refractivity contribution < 1.29 is 10.2 Å². The molecule has 2 N–H and O–H groups in total. The van der Waals surface area contributed by atoms with Crippen LogP contribution in [0.1, 0.15) is 29.7 Å². The lowest BCUT2D eigenvalue weighted by atomic mass is 9.90. The van der Waals surface area contributed by atoms with Crippen molar-refractivity contribution in [3.8, 4) is 11.5 Å². The number of phenolic OH excluding ortho intramolecular Hbond substituents is 2. The number of phenols is 2.